The molecule has 5 heteroatoms. The van der Waals surface area contributed by atoms with Crippen LogP contribution in [-0.2, 0) is 16.1 Å². The fraction of sp³-hybridized carbons (Fsp3) is 0.263. The maximum Gasteiger partial charge on any atom is 0.226 e. The number of nitrogens with one attached hydrogen (secondary N) is 1. The number of carbonyl (C=O) groups is 2. The Labute approximate surface area is 147 Å². The van der Waals surface area contributed by atoms with Gasteiger partial charge in [0.15, 0.2) is 0 Å². The third-order valence-corrected chi connectivity index (χ3v) is 4.15. The van der Waals surface area contributed by atoms with Crippen LogP contribution in [0.3, 0.4) is 0 Å². The first kappa shape index (κ1) is 18.0. The summed E-state index contributed by atoms with van der Waals surface area (Å²) in [6.45, 7) is 4.39. The van der Waals surface area contributed by atoms with E-state index >= 15 is 0 Å². The summed E-state index contributed by atoms with van der Waals surface area (Å²) < 4.78 is 0. The minimum Gasteiger partial charge on any atom is -0.338 e. The minimum atomic E-state index is -0.167. The van der Waals surface area contributed by atoms with Gasteiger partial charge in [0.25, 0.3) is 0 Å². The van der Waals surface area contributed by atoms with Crippen molar-refractivity contribution in [3.63, 3.8) is 0 Å². The predicted octanol–water partition coefficient (Wildman–Crippen LogP) is 4.03. The zero-order valence-corrected chi connectivity index (χ0v) is 14.6. The van der Waals surface area contributed by atoms with Gasteiger partial charge in [0.05, 0.1) is 10.7 Å². The van der Waals surface area contributed by atoms with Crippen molar-refractivity contribution in [2.75, 3.05) is 11.9 Å². The Kier molecular flexibility index (Phi) is 6.38. The van der Waals surface area contributed by atoms with Crippen molar-refractivity contribution in [1.82, 2.24) is 4.90 Å². The van der Waals surface area contributed by atoms with Crippen molar-refractivity contribution in [2.24, 2.45) is 0 Å². The molecule has 0 aliphatic heterocycles. The fourth-order valence-corrected chi connectivity index (χ4v) is 2.54. The molecule has 0 aromatic heterocycles. The Morgan fingerprint density at radius 3 is 2.42 bits per heavy atom. The molecule has 0 saturated carbocycles. The van der Waals surface area contributed by atoms with Gasteiger partial charge in [-0.3, -0.25) is 9.59 Å². The van der Waals surface area contributed by atoms with E-state index in [2.05, 4.69) is 5.32 Å². The highest BCUT2D eigenvalue weighted by Crippen LogP contribution is 2.20. The summed E-state index contributed by atoms with van der Waals surface area (Å²) in [4.78, 5) is 25.6. The molecule has 126 valence electrons. The molecule has 1 N–H and O–H groups in total. The maximum absolute atomic E-state index is 12.1. The molecule has 0 bridgehead atoms. The van der Waals surface area contributed by atoms with E-state index in [1.165, 1.54) is 6.92 Å². The van der Waals surface area contributed by atoms with Gasteiger partial charge in [-0.15, -0.1) is 0 Å². The van der Waals surface area contributed by atoms with Gasteiger partial charge in [-0.25, -0.2) is 0 Å². The average Bonchev–Trinajstić information content (AvgIpc) is 2.55. The van der Waals surface area contributed by atoms with Crippen molar-refractivity contribution in [3.8, 4) is 0 Å². The van der Waals surface area contributed by atoms with Gasteiger partial charge in [0.1, 0.15) is 0 Å². The third kappa shape index (κ3) is 5.10. The van der Waals surface area contributed by atoms with Crippen LogP contribution in [0.2, 0.25) is 5.02 Å². The smallest absolute Gasteiger partial charge is 0.226 e. The minimum absolute atomic E-state index is 0.0520. The molecule has 0 unspecified atom stereocenters. The topological polar surface area (TPSA) is 49.4 Å². The molecule has 2 rings (SSSR count). The van der Waals surface area contributed by atoms with Crippen LogP contribution in [-0.4, -0.2) is 23.3 Å². The zero-order chi connectivity index (χ0) is 17.5. The number of rotatable bonds is 6. The molecule has 24 heavy (non-hydrogen) atoms. The van der Waals surface area contributed by atoms with Crippen LogP contribution in [0, 0.1) is 6.92 Å². The van der Waals surface area contributed by atoms with E-state index in [-0.39, 0.29) is 18.2 Å². The number of hydrogen-bond acceptors (Lipinski definition) is 2. The molecule has 2 amide bonds. The quantitative estimate of drug-likeness (QED) is 0.860. The number of carbonyl (C=O) groups excluding carboxylic acids is 2. The molecule has 2 aromatic rings. The summed E-state index contributed by atoms with van der Waals surface area (Å²) in [5.41, 5.74) is 2.79. The molecule has 0 radical (unpaired) electrons. The first-order valence-corrected chi connectivity index (χ1v) is 8.19. The van der Waals surface area contributed by atoms with Crippen LogP contribution >= 0.6 is 11.6 Å². The molecule has 2 aromatic carbocycles. The largest absolute Gasteiger partial charge is 0.338 e. The molecule has 0 aliphatic carbocycles. The summed E-state index contributed by atoms with van der Waals surface area (Å²) in [5.74, 6) is -0.220. The van der Waals surface area contributed by atoms with E-state index < -0.39 is 0 Å². The number of para-hydroxylation sites is 1. The Hall–Kier alpha value is -2.33. The van der Waals surface area contributed by atoms with Gasteiger partial charge in [-0.05, 0) is 30.2 Å². The molecule has 0 spiro atoms. The standard InChI is InChI=1S/C19H21ClN2O2/c1-14-7-3-4-8-16(14)13-22(15(2)23)12-11-19(24)21-18-10-6-5-9-17(18)20/h3-10H,11-13H2,1-2H3,(H,21,24). The normalized spacial score (nSPS) is 10.3. The van der Waals surface area contributed by atoms with Crippen LogP contribution < -0.4 is 5.32 Å². The van der Waals surface area contributed by atoms with Crippen LogP contribution in [0.25, 0.3) is 0 Å². The molecular formula is C19H21ClN2O2. The highest BCUT2D eigenvalue weighted by molar-refractivity contribution is 6.33. The Morgan fingerprint density at radius 2 is 1.75 bits per heavy atom. The van der Waals surface area contributed by atoms with Crippen molar-refractivity contribution >= 4 is 29.1 Å². The number of benzene rings is 2. The van der Waals surface area contributed by atoms with Gasteiger partial charge in [-0.1, -0.05) is 48.0 Å². The van der Waals surface area contributed by atoms with E-state index in [0.29, 0.717) is 23.8 Å². The predicted molar refractivity (Wildman–Crippen MR) is 97.0 cm³/mol. The SMILES string of the molecule is CC(=O)N(CCC(=O)Nc1ccccc1Cl)Cc1ccccc1C. The van der Waals surface area contributed by atoms with Crippen LogP contribution in [0.4, 0.5) is 5.69 Å². The second-order valence-electron chi connectivity index (χ2n) is 5.65. The van der Waals surface area contributed by atoms with E-state index in [0.717, 1.165) is 11.1 Å². The number of halogens is 1. The number of aryl methyl sites for hydroxylation is 1. The summed E-state index contributed by atoms with van der Waals surface area (Å²) >= 11 is 6.03. The van der Waals surface area contributed by atoms with Crippen molar-refractivity contribution in [1.29, 1.82) is 0 Å². The second kappa shape index (κ2) is 8.50. The maximum atomic E-state index is 12.1. The lowest BCUT2D eigenvalue weighted by Gasteiger charge is -2.22. The van der Waals surface area contributed by atoms with Gasteiger partial charge < -0.3 is 10.2 Å². The number of nitrogens with zero attached hydrogens (tertiary/aromatic N) is 1. The monoisotopic (exact) mass is 344 g/mol. The molecule has 0 fully saturated rings. The molecule has 0 saturated heterocycles. The van der Waals surface area contributed by atoms with Gasteiger partial charge in [-0.2, -0.15) is 0 Å². The van der Waals surface area contributed by atoms with Crippen molar-refractivity contribution in [2.45, 2.75) is 26.8 Å². The van der Waals surface area contributed by atoms with Crippen LogP contribution in [0.1, 0.15) is 24.5 Å². The van der Waals surface area contributed by atoms with E-state index in [1.807, 2.05) is 37.3 Å². The first-order chi connectivity index (χ1) is 11.5. The molecule has 0 atom stereocenters. The van der Waals surface area contributed by atoms with Gasteiger partial charge in [0.2, 0.25) is 11.8 Å². The third-order valence-electron chi connectivity index (χ3n) is 3.82. The van der Waals surface area contributed by atoms with E-state index in [1.54, 1.807) is 23.1 Å². The molecule has 0 heterocycles. The Bertz CT molecular complexity index is 731. The Morgan fingerprint density at radius 1 is 1.08 bits per heavy atom. The lowest BCUT2D eigenvalue weighted by molar-refractivity contribution is -0.129. The second-order valence-corrected chi connectivity index (χ2v) is 6.05. The van der Waals surface area contributed by atoms with Crippen LogP contribution in [0.5, 0.6) is 0 Å². The summed E-state index contributed by atoms with van der Waals surface area (Å²) in [6, 6.07) is 15.0. The molecule has 4 nitrogen and oxygen atoms in total. The van der Waals surface area contributed by atoms with Crippen molar-refractivity contribution in [3.05, 3.63) is 64.7 Å². The van der Waals surface area contributed by atoms with Gasteiger partial charge in [0, 0.05) is 26.4 Å². The van der Waals surface area contributed by atoms with E-state index in [4.69, 9.17) is 11.6 Å². The highest BCUT2D eigenvalue weighted by Gasteiger charge is 2.13. The lowest BCUT2D eigenvalue weighted by atomic mass is 10.1. The molecule has 0 aliphatic rings. The summed E-state index contributed by atoms with van der Waals surface area (Å²) in [6.07, 6.45) is 0.219. The van der Waals surface area contributed by atoms with Crippen molar-refractivity contribution < 1.29 is 9.59 Å². The Balaban J connectivity index is 1.94. The molecular weight excluding hydrogens is 324 g/mol. The first-order valence-electron chi connectivity index (χ1n) is 7.82. The van der Waals surface area contributed by atoms with Gasteiger partial charge >= 0.3 is 0 Å². The average molecular weight is 345 g/mol. The summed E-state index contributed by atoms with van der Waals surface area (Å²) in [7, 11) is 0. The number of amides is 2. The van der Waals surface area contributed by atoms with E-state index in [9.17, 15) is 9.59 Å². The number of anilines is 1. The fourth-order valence-electron chi connectivity index (χ4n) is 2.35. The lowest BCUT2D eigenvalue weighted by Crippen LogP contribution is -2.31. The summed E-state index contributed by atoms with van der Waals surface area (Å²) in [5, 5.41) is 3.27. The zero-order valence-electron chi connectivity index (χ0n) is 13.9. The highest BCUT2D eigenvalue weighted by atomic mass is 35.5. The number of hydrogen-bond donors (Lipinski definition) is 1. The van der Waals surface area contributed by atoms with Crippen LogP contribution in [0.15, 0.2) is 48.5 Å².